The number of ketones is 1. The molecule has 1 unspecified atom stereocenters. The van der Waals surface area contributed by atoms with Gasteiger partial charge in [0.1, 0.15) is 5.78 Å². The summed E-state index contributed by atoms with van der Waals surface area (Å²) in [6.45, 7) is 0. The van der Waals surface area contributed by atoms with Crippen LogP contribution in [-0.4, -0.2) is 25.7 Å². The monoisotopic (exact) mass is 214 g/mol. The van der Waals surface area contributed by atoms with Crippen molar-refractivity contribution in [1.29, 1.82) is 0 Å². The zero-order valence-electron chi connectivity index (χ0n) is 8.03. The van der Waals surface area contributed by atoms with Gasteiger partial charge in [0, 0.05) is 19.3 Å². The van der Waals surface area contributed by atoms with Gasteiger partial charge in [0.25, 0.3) is 0 Å². The number of carbonyl (C=O) groups is 1. The molecule has 1 aliphatic heterocycles. The average Bonchev–Trinajstić information content (AvgIpc) is 2.42. The maximum atomic E-state index is 11.3. The molecule has 1 rings (SSSR count). The van der Waals surface area contributed by atoms with Crippen LogP contribution in [0.3, 0.4) is 0 Å². The molecule has 1 aliphatic rings. The molecule has 0 saturated carbocycles. The van der Waals surface area contributed by atoms with Gasteiger partial charge in [-0.15, -0.1) is 12.3 Å². The van der Waals surface area contributed by atoms with Gasteiger partial charge in [-0.2, -0.15) is 0 Å². The molecule has 0 N–H and O–H groups in total. The smallest absolute Gasteiger partial charge is 0.150 e. The third-order valence-electron chi connectivity index (χ3n) is 2.39. The molecule has 78 valence electrons. The highest BCUT2D eigenvalue weighted by atomic mass is 32.2. The van der Waals surface area contributed by atoms with Crippen LogP contribution in [0.4, 0.5) is 0 Å². The average molecular weight is 214 g/mol. The van der Waals surface area contributed by atoms with Gasteiger partial charge in [0.2, 0.25) is 0 Å². The highest BCUT2D eigenvalue weighted by Gasteiger charge is 2.28. The van der Waals surface area contributed by atoms with Crippen LogP contribution >= 0.6 is 0 Å². The van der Waals surface area contributed by atoms with E-state index in [2.05, 4.69) is 5.92 Å². The molecule has 0 aromatic heterocycles. The van der Waals surface area contributed by atoms with Gasteiger partial charge < -0.3 is 0 Å². The minimum Gasteiger partial charge on any atom is -0.300 e. The molecule has 1 atom stereocenters. The van der Waals surface area contributed by atoms with Crippen molar-refractivity contribution in [3.63, 3.8) is 0 Å². The first-order valence-corrected chi connectivity index (χ1v) is 6.51. The van der Waals surface area contributed by atoms with Crippen LogP contribution in [0.5, 0.6) is 0 Å². The second-order valence-electron chi connectivity index (χ2n) is 3.72. The van der Waals surface area contributed by atoms with Crippen LogP contribution < -0.4 is 0 Å². The van der Waals surface area contributed by atoms with Crippen molar-refractivity contribution in [2.45, 2.75) is 25.7 Å². The molecule has 0 spiro atoms. The lowest BCUT2D eigenvalue weighted by Crippen LogP contribution is -2.10. The molecule has 0 aromatic carbocycles. The Bertz CT molecular complexity index is 348. The van der Waals surface area contributed by atoms with Gasteiger partial charge in [0.05, 0.1) is 11.5 Å². The summed E-state index contributed by atoms with van der Waals surface area (Å²) < 4.78 is 22.2. The van der Waals surface area contributed by atoms with Crippen molar-refractivity contribution in [3.8, 4) is 12.3 Å². The van der Waals surface area contributed by atoms with E-state index in [-0.39, 0.29) is 23.2 Å². The van der Waals surface area contributed by atoms with E-state index in [1.807, 2.05) is 0 Å². The van der Waals surface area contributed by atoms with Crippen molar-refractivity contribution >= 4 is 15.6 Å². The molecule has 14 heavy (non-hydrogen) atoms. The van der Waals surface area contributed by atoms with Crippen molar-refractivity contribution in [3.05, 3.63) is 0 Å². The van der Waals surface area contributed by atoms with Crippen molar-refractivity contribution in [2.75, 3.05) is 11.5 Å². The molecule has 0 aliphatic carbocycles. The number of hydrogen-bond donors (Lipinski definition) is 0. The van der Waals surface area contributed by atoms with E-state index in [9.17, 15) is 13.2 Å². The first kappa shape index (κ1) is 11.3. The molecule has 0 amide bonds. The SMILES string of the molecule is C#CCCC(=O)CC1CCS(=O)(=O)C1. The van der Waals surface area contributed by atoms with E-state index in [4.69, 9.17) is 6.42 Å². The minimum atomic E-state index is -2.85. The number of carbonyl (C=O) groups excluding carboxylic acids is 1. The normalized spacial score (nSPS) is 24.4. The Morgan fingerprint density at radius 1 is 1.50 bits per heavy atom. The topological polar surface area (TPSA) is 51.2 Å². The van der Waals surface area contributed by atoms with Gasteiger partial charge in [-0.25, -0.2) is 8.42 Å². The van der Waals surface area contributed by atoms with Crippen LogP contribution in [-0.2, 0) is 14.6 Å². The van der Waals surface area contributed by atoms with E-state index in [0.717, 1.165) is 0 Å². The van der Waals surface area contributed by atoms with Crippen molar-refractivity contribution < 1.29 is 13.2 Å². The minimum absolute atomic E-state index is 0.0327. The molecular formula is C10H14O3S. The van der Waals surface area contributed by atoms with E-state index in [1.165, 1.54) is 0 Å². The van der Waals surface area contributed by atoms with Crippen molar-refractivity contribution in [2.24, 2.45) is 5.92 Å². The summed E-state index contributed by atoms with van der Waals surface area (Å²) >= 11 is 0. The maximum absolute atomic E-state index is 11.3. The second-order valence-corrected chi connectivity index (χ2v) is 5.94. The molecule has 0 radical (unpaired) electrons. The van der Waals surface area contributed by atoms with Gasteiger partial charge in [-0.1, -0.05) is 0 Å². The van der Waals surface area contributed by atoms with Crippen LogP contribution in [0.1, 0.15) is 25.7 Å². The highest BCUT2D eigenvalue weighted by Crippen LogP contribution is 2.22. The summed E-state index contributed by atoms with van der Waals surface area (Å²) in [6, 6.07) is 0. The lowest BCUT2D eigenvalue weighted by atomic mass is 10.00. The Hall–Kier alpha value is -0.820. The third kappa shape index (κ3) is 3.51. The lowest BCUT2D eigenvalue weighted by Gasteiger charge is -2.04. The standard InChI is InChI=1S/C10H14O3S/c1-2-3-4-10(11)7-9-5-6-14(12,13)8-9/h1,9H,3-8H2. The zero-order chi connectivity index (χ0) is 10.6. The van der Waals surface area contributed by atoms with Crippen LogP contribution in [0.25, 0.3) is 0 Å². The van der Waals surface area contributed by atoms with Gasteiger partial charge in [-0.3, -0.25) is 4.79 Å². The molecule has 4 heteroatoms. The molecular weight excluding hydrogens is 200 g/mol. The van der Waals surface area contributed by atoms with Gasteiger partial charge in [0.15, 0.2) is 9.84 Å². The van der Waals surface area contributed by atoms with Gasteiger partial charge >= 0.3 is 0 Å². The summed E-state index contributed by atoms with van der Waals surface area (Å²) in [6.07, 6.45) is 6.87. The Labute approximate surface area is 84.8 Å². The van der Waals surface area contributed by atoms with Crippen LogP contribution in [0.2, 0.25) is 0 Å². The zero-order valence-corrected chi connectivity index (χ0v) is 8.85. The summed E-state index contributed by atoms with van der Waals surface area (Å²) in [4.78, 5) is 11.3. The number of hydrogen-bond acceptors (Lipinski definition) is 3. The Morgan fingerprint density at radius 3 is 2.71 bits per heavy atom. The first-order valence-electron chi connectivity index (χ1n) is 4.69. The van der Waals surface area contributed by atoms with E-state index < -0.39 is 9.84 Å². The lowest BCUT2D eigenvalue weighted by molar-refractivity contribution is -0.119. The Morgan fingerprint density at radius 2 is 2.21 bits per heavy atom. The number of terminal acetylenes is 1. The fourth-order valence-corrected chi connectivity index (χ4v) is 3.53. The maximum Gasteiger partial charge on any atom is 0.150 e. The summed E-state index contributed by atoms with van der Waals surface area (Å²) in [7, 11) is -2.85. The predicted molar refractivity (Wildman–Crippen MR) is 54.5 cm³/mol. The van der Waals surface area contributed by atoms with Crippen molar-refractivity contribution in [1.82, 2.24) is 0 Å². The predicted octanol–water partition coefficient (Wildman–Crippen LogP) is 0.794. The fraction of sp³-hybridized carbons (Fsp3) is 0.700. The Balaban J connectivity index is 2.33. The molecule has 0 aromatic rings. The van der Waals surface area contributed by atoms with E-state index >= 15 is 0 Å². The molecule has 1 heterocycles. The Kier molecular flexibility index (Phi) is 3.70. The van der Waals surface area contributed by atoms with Crippen LogP contribution in [0, 0.1) is 18.3 Å². The highest BCUT2D eigenvalue weighted by molar-refractivity contribution is 7.91. The molecule has 1 fully saturated rings. The fourth-order valence-electron chi connectivity index (χ4n) is 1.67. The van der Waals surface area contributed by atoms with E-state index in [0.29, 0.717) is 25.7 Å². The summed E-state index contributed by atoms with van der Waals surface area (Å²) in [5, 5.41) is 0. The summed E-state index contributed by atoms with van der Waals surface area (Å²) in [5.74, 6) is 2.93. The number of rotatable bonds is 4. The van der Waals surface area contributed by atoms with Crippen LogP contribution in [0.15, 0.2) is 0 Å². The third-order valence-corrected chi connectivity index (χ3v) is 4.23. The quantitative estimate of drug-likeness (QED) is 0.650. The molecule has 3 nitrogen and oxygen atoms in total. The van der Waals surface area contributed by atoms with Gasteiger partial charge in [-0.05, 0) is 12.3 Å². The summed E-state index contributed by atoms with van der Waals surface area (Å²) in [5.41, 5.74) is 0. The molecule has 0 bridgehead atoms. The number of Topliss-reactive ketones (excluding diaryl/α,β-unsaturated/α-hetero) is 1. The van der Waals surface area contributed by atoms with E-state index in [1.54, 1.807) is 0 Å². The molecule has 1 saturated heterocycles. The largest absolute Gasteiger partial charge is 0.300 e. The number of sulfone groups is 1. The first-order chi connectivity index (χ1) is 6.53. The second kappa shape index (κ2) is 4.61.